The van der Waals surface area contributed by atoms with Crippen molar-refractivity contribution in [3.05, 3.63) is 35.5 Å². The first kappa shape index (κ1) is 10.4. The number of hydrogen-bond acceptors (Lipinski definition) is 2. The molecule has 16 heavy (non-hydrogen) atoms. The van der Waals surface area contributed by atoms with E-state index in [1.807, 2.05) is 13.0 Å². The smallest absolute Gasteiger partial charge is 0.165 e. The summed E-state index contributed by atoms with van der Waals surface area (Å²) in [5.74, 6) is 0.151. The highest BCUT2D eigenvalue weighted by Crippen LogP contribution is 2.21. The topological polar surface area (TPSA) is 56.6 Å². The van der Waals surface area contributed by atoms with Gasteiger partial charge in [0.15, 0.2) is 5.78 Å². The molecule has 2 rings (SSSR count). The van der Waals surface area contributed by atoms with Crippen molar-refractivity contribution in [2.75, 3.05) is 0 Å². The first-order chi connectivity index (χ1) is 7.76. The predicted molar refractivity (Wildman–Crippen MR) is 62.3 cm³/mol. The van der Waals surface area contributed by atoms with Gasteiger partial charge in [-0.2, -0.15) is 5.26 Å². The fourth-order valence-corrected chi connectivity index (χ4v) is 1.79. The number of rotatable bonds is 3. The molecule has 0 saturated carbocycles. The Morgan fingerprint density at radius 3 is 3.00 bits per heavy atom. The van der Waals surface area contributed by atoms with Gasteiger partial charge in [-0.25, -0.2) is 0 Å². The molecule has 1 aromatic heterocycles. The molecule has 1 heterocycles. The zero-order chi connectivity index (χ0) is 11.5. The minimum Gasteiger partial charge on any atom is -0.360 e. The number of H-pyrrole nitrogens is 1. The average Bonchev–Trinajstić information content (AvgIpc) is 2.71. The van der Waals surface area contributed by atoms with E-state index >= 15 is 0 Å². The van der Waals surface area contributed by atoms with Crippen molar-refractivity contribution in [2.24, 2.45) is 0 Å². The second-order valence-corrected chi connectivity index (χ2v) is 3.75. The van der Waals surface area contributed by atoms with Gasteiger partial charge in [0.1, 0.15) is 0 Å². The lowest BCUT2D eigenvalue weighted by atomic mass is 10.1. The molecule has 3 nitrogen and oxygen atoms in total. The number of Topliss-reactive ketones (excluding diaryl/α,β-unsaturated/α-hetero) is 1. The van der Waals surface area contributed by atoms with Gasteiger partial charge < -0.3 is 4.98 Å². The maximum Gasteiger partial charge on any atom is 0.165 e. The molecule has 3 heteroatoms. The molecule has 0 aliphatic carbocycles. The number of hydrogen-bond donors (Lipinski definition) is 1. The number of fused-ring (bicyclic) bond motifs is 1. The molecule has 80 valence electrons. The third-order valence-electron chi connectivity index (χ3n) is 2.59. The lowest BCUT2D eigenvalue weighted by Crippen LogP contribution is -1.96. The fourth-order valence-electron chi connectivity index (χ4n) is 1.79. The number of aromatic amines is 1. The van der Waals surface area contributed by atoms with Gasteiger partial charge >= 0.3 is 0 Å². The number of nitrogens with zero attached hydrogens (tertiary/aromatic N) is 1. The molecule has 0 unspecified atom stereocenters. The second-order valence-electron chi connectivity index (χ2n) is 3.75. The van der Waals surface area contributed by atoms with Crippen LogP contribution in [0.5, 0.6) is 0 Å². The Balaban J connectivity index is 2.50. The molecule has 0 aliphatic heterocycles. The molecular formula is C13H12N2O. The summed E-state index contributed by atoms with van der Waals surface area (Å²) < 4.78 is 0. The van der Waals surface area contributed by atoms with Gasteiger partial charge in [0.05, 0.1) is 11.6 Å². The van der Waals surface area contributed by atoms with E-state index in [1.165, 1.54) is 0 Å². The summed E-state index contributed by atoms with van der Waals surface area (Å²) >= 11 is 0. The van der Waals surface area contributed by atoms with E-state index < -0.39 is 0 Å². The molecule has 0 bridgehead atoms. The van der Waals surface area contributed by atoms with Gasteiger partial charge in [-0.3, -0.25) is 4.79 Å². The van der Waals surface area contributed by atoms with Crippen LogP contribution in [0.1, 0.15) is 35.7 Å². The zero-order valence-corrected chi connectivity index (χ0v) is 9.08. The first-order valence-corrected chi connectivity index (χ1v) is 5.30. The maximum absolute atomic E-state index is 11.8. The van der Waals surface area contributed by atoms with E-state index in [9.17, 15) is 4.79 Å². The summed E-state index contributed by atoms with van der Waals surface area (Å²) in [7, 11) is 0. The quantitative estimate of drug-likeness (QED) is 0.795. The first-order valence-electron chi connectivity index (χ1n) is 5.30. The highest BCUT2D eigenvalue weighted by molar-refractivity contribution is 6.07. The number of aromatic nitrogens is 1. The van der Waals surface area contributed by atoms with Gasteiger partial charge in [0.2, 0.25) is 0 Å². The molecule has 1 aromatic carbocycles. The second kappa shape index (κ2) is 4.19. The summed E-state index contributed by atoms with van der Waals surface area (Å²) in [6.45, 7) is 1.99. The lowest BCUT2D eigenvalue weighted by Gasteiger charge is -1.96. The van der Waals surface area contributed by atoms with Crippen LogP contribution in [0.25, 0.3) is 10.9 Å². The summed E-state index contributed by atoms with van der Waals surface area (Å²) in [4.78, 5) is 14.8. The van der Waals surface area contributed by atoms with E-state index in [0.717, 1.165) is 22.9 Å². The maximum atomic E-state index is 11.8. The van der Waals surface area contributed by atoms with E-state index in [4.69, 9.17) is 5.26 Å². The number of nitrogens with one attached hydrogen (secondary N) is 1. The minimum absolute atomic E-state index is 0.151. The van der Waals surface area contributed by atoms with Crippen molar-refractivity contribution in [3.63, 3.8) is 0 Å². The molecule has 0 fully saturated rings. The van der Waals surface area contributed by atoms with Crippen LogP contribution in [0.4, 0.5) is 0 Å². The SMILES string of the molecule is CCCC(=O)c1c[nH]c2cc(C#N)ccc12. The van der Waals surface area contributed by atoms with Crippen LogP contribution in [0.15, 0.2) is 24.4 Å². The number of ketones is 1. The zero-order valence-electron chi connectivity index (χ0n) is 9.08. The van der Waals surface area contributed by atoms with Gasteiger partial charge in [0.25, 0.3) is 0 Å². The number of carbonyl (C=O) groups is 1. The molecule has 0 amide bonds. The predicted octanol–water partition coefficient (Wildman–Crippen LogP) is 3.02. The lowest BCUT2D eigenvalue weighted by molar-refractivity contribution is 0.0983. The Bertz CT molecular complexity index is 575. The molecule has 1 N–H and O–H groups in total. The van der Waals surface area contributed by atoms with E-state index in [2.05, 4.69) is 11.1 Å². The van der Waals surface area contributed by atoms with Gasteiger partial charge in [-0.1, -0.05) is 13.0 Å². The molecule has 0 aliphatic rings. The Kier molecular flexibility index (Phi) is 2.74. The Labute approximate surface area is 93.7 Å². The van der Waals surface area contributed by atoms with Crippen molar-refractivity contribution in [3.8, 4) is 6.07 Å². The van der Waals surface area contributed by atoms with Gasteiger partial charge in [-0.05, 0) is 18.6 Å². The normalized spacial score (nSPS) is 10.2. The van der Waals surface area contributed by atoms with Gasteiger partial charge in [-0.15, -0.1) is 0 Å². The van der Waals surface area contributed by atoms with Crippen LogP contribution < -0.4 is 0 Å². The molecule has 0 atom stereocenters. The van der Waals surface area contributed by atoms with Crippen molar-refractivity contribution in [1.29, 1.82) is 5.26 Å². The number of nitriles is 1. The molecule has 2 aromatic rings. The van der Waals surface area contributed by atoms with Crippen molar-refractivity contribution >= 4 is 16.7 Å². The van der Waals surface area contributed by atoms with E-state index in [0.29, 0.717) is 12.0 Å². The summed E-state index contributed by atoms with van der Waals surface area (Å²) in [5.41, 5.74) is 2.17. The fraction of sp³-hybridized carbons (Fsp3) is 0.231. The van der Waals surface area contributed by atoms with Crippen LogP contribution in [-0.2, 0) is 0 Å². The van der Waals surface area contributed by atoms with E-state index in [-0.39, 0.29) is 5.78 Å². The van der Waals surface area contributed by atoms with Gasteiger partial charge in [0, 0.05) is 29.1 Å². The van der Waals surface area contributed by atoms with Crippen molar-refractivity contribution < 1.29 is 4.79 Å². The molecule has 0 radical (unpaired) electrons. The highest BCUT2D eigenvalue weighted by Gasteiger charge is 2.10. The van der Waals surface area contributed by atoms with E-state index in [1.54, 1.807) is 18.3 Å². The van der Waals surface area contributed by atoms with Crippen LogP contribution >= 0.6 is 0 Å². The minimum atomic E-state index is 0.151. The Morgan fingerprint density at radius 1 is 1.50 bits per heavy atom. The third kappa shape index (κ3) is 1.70. The third-order valence-corrected chi connectivity index (χ3v) is 2.59. The Hall–Kier alpha value is -2.08. The van der Waals surface area contributed by atoms with Crippen LogP contribution in [-0.4, -0.2) is 10.8 Å². The molecule has 0 spiro atoms. The molecular weight excluding hydrogens is 200 g/mol. The van der Waals surface area contributed by atoms with Crippen molar-refractivity contribution in [2.45, 2.75) is 19.8 Å². The van der Waals surface area contributed by atoms with Crippen LogP contribution in [0.2, 0.25) is 0 Å². The average molecular weight is 212 g/mol. The number of benzene rings is 1. The summed E-state index contributed by atoms with van der Waals surface area (Å²) in [6, 6.07) is 7.40. The monoisotopic (exact) mass is 212 g/mol. The largest absolute Gasteiger partial charge is 0.360 e. The van der Waals surface area contributed by atoms with Crippen LogP contribution in [0, 0.1) is 11.3 Å². The highest BCUT2D eigenvalue weighted by atomic mass is 16.1. The van der Waals surface area contributed by atoms with Crippen LogP contribution in [0.3, 0.4) is 0 Å². The summed E-state index contributed by atoms with van der Waals surface area (Å²) in [6.07, 6.45) is 3.14. The summed E-state index contributed by atoms with van der Waals surface area (Å²) in [5, 5.41) is 9.67. The standard InChI is InChI=1S/C13H12N2O/c1-2-3-13(16)11-8-15-12-6-9(7-14)4-5-10(11)12/h4-6,8,15H,2-3H2,1H3. The Morgan fingerprint density at radius 2 is 2.31 bits per heavy atom. The number of carbonyl (C=O) groups excluding carboxylic acids is 1. The molecule has 0 saturated heterocycles. The van der Waals surface area contributed by atoms with Crippen molar-refractivity contribution in [1.82, 2.24) is 4.98 Å².